The number of halogens is 2. The lowest BCUT2D eigenvalue weighted by Crippen LogP contribution is -2.14. The normalized spacial score (nSPS) is 11.3. The van der Waals surface area contributed by atoms with Crippen molar-refractivity contribution in [2.75, 3.05) is 10.6 Å². The van der Waals surface area contributed by atoms with Crippen LogP contribution in [0, 0.1) is 12.7 Å². The highest BCUT2D eigenvalue weighted by atomic mass is 35.5. The van der Waals surface area contributed by atoms with E-state index in [0.717, 1.165) is 0 Å². The summed E-state index contributed by atoms with van der Waals surface area (Å²) in [5.41, 5.74) is 2.10. The van der Waals surface area contributed by atoms with Gasteiger partial charge in [-0.25, -0.2) is 4.39 Å². The third-order valence-electron chi connectivity index (χ3n) is 3.47. The summed E-state index contributed by atoms with van der Waals surface area (Å²) in [7, 11) is 0. The van der Waals surface area contributed by atoms with E-state index in [1.807, 2.05) is 0 Å². The lowest BCUT2D eigenvalue weighted by Gasteiger charge is -2.08. The minimum atomic E-state index is -0.391. The van der Waals surface area contributed by atoms with Crippen molar-refractivity contribution >= 4 is 34.5 Å². The van der Waals surface area contributed by atoms with Gasteiger partial charge in [0.1, 0.15) is 11.4 Å². The molecule has 0 unspecified atom stereocenters. The van der Waals surface area contributed by atoms with Gasteiger partial charge in [-0.1, -0.05) is 16.8 Å². The quantitative estimate of drug-likeness (QED) is 0.628. The predicted molar refractivity (Wildman–Crippen MR) is 99.3 cm³/mol. The Balaban J connectivity index is 1.84. The summed E-state index contributed by atoms with van der Waals surface area (Å²) < 4.78 is 18.2. The molecule has 5 nitrogen and oxygen atoms in total. The van der Waals surface area contributed by atoms with Gasteiger partial charge in [0, 0.05) is 28.7 Å². The second-order valence-electron chi connectivity index (χ2n) is 5.50. The number of carbonyl (C=O) groups excluding carboxylic acids is 1. The zero-order valence-electron chi connectivity index (χ0n) is 13.8. The molecule has 0 atom stereocenters. The fraction of sp³-hybridized carbons (Fsp3) is 0.0526. The SMILES string of the molecule is Cc1cc(C(=CNc2ccc(F)cc2)C(=O)Nc2ccc(Cl)cc2)on1. The average Bonchev–Trinajstić information content (AvgIpc) is 3.05. The molecule has 132 valence electrons. The Morgan fingerprint density at radius 2 is 1.77 bits per heavy atom. The number of benzene rings is 2. The molecule has 1 heterocycles. The van der Waals surface area contributed by atoms with E-state index in [0.29, 0.717) is 27.9 Å². The van der Waals surface area contributed by atoms with Crippen LogP contribution in [0.4, 0.5) is 15.8 Å². The summed E-state index contributed by atoms with van der Waals surface area (Å²) in [4.78, 5) is 12.7. The zero-order chi connectivity index (χ0) is 18.5. The molecule has 7 heteroatoms. The van der Waals surface area contributed by atoms with Crippen LogP contribution in [0.1, 0.15) is 11.5 Å². The molecule has 0 aliphatic carbocycles. The summed E-state index contributed by atoms with van der Waals surface area (Å²) in [6.07, 6.45) is 1.48. The Morgan fingerprint density at radius 1 is 1.12 bits per heavy atom. The van der Waals surface area contributed by atoms with Gasteiger partial charge in [0.2, 0.25) is 0 Å². The lowest BCUT2D eigenvalue weighted by molar-refractivity contribution is -0.111. The summed E-state index contributed by atoms with van der Waals surface area (Å²) in [6, 6.07) is 14.2. The first-order chi connectivity index (χ1) is 12.5. The van der Waals surface area contributed by atoms with Crippen LogP contribution in [-0.4, -0.2) is 11.1 Å². The van der Waals surface area contributed by atoms with Crippen molar-refractivity contribution in [2.24, 2.45) is 0 Å². The van der Waals surface area contributed by atoms with Gasteiger partial charge in [-0.3, -0.25) is 4.79 Å². The number of carbonyl (C=O) groups is 1. The van der Waals surface area contributed by atoms with Crippen LogP contribution in [-0.2, 0) is 4.79 Å². The molecule has 1 aromatic heterocycles. The fourth-order valence-corrected chi connectivity index (χ4v) is 2.30. The molecule has 1 amide bonds. The molecule has 0 spiro atoms. The summed E-state index contributed by atoms with van der Waals surface area (Å²) in [5.74, 6) is -0.423. The fourth-order valence-electron chi connectivity index (χ4n) is 2.17. The number of nitrogens with one attached hydrogen (secondary N) is 2. The zero-order valence-corrected chi connectivity index (χ0v) is 14.5. The van der Waals surface area contributed by atoms with Gasteiger partial charge < -0.3 is 15.2 Å². The van der Waals surface area contributed by atoms with Crippen molar-refractivity contribution in [3.63, 3.8) is 0 Å². The van der Waals surface area contributed by atoms with Crippen molar-refractivity contribution in [3.8, 4) is 0 Å². The number of aromatic nitrogens is 1. The topological polar surface area (TPSA) is 67.2 Å². The summed E-state index contributed by atoms with van der Waals surface area (Å²) in [6.45, 7) is 1.76. The standard InChI is InChI=1S/C19H15ClFN3O2/c1-12-10-18(26-24-12)17(11-22-15-8-4-14(21)5-9-15)19(25)23-16-6-2-13(20)3-7-16/h2-11,22H,1H3,(H,23,25). The Morgan fingerprint density at radius 3 is 2.38 bits per heavy atom. The van der Waals surface area contributed by atoms with Gasteiger partial charge in [-0.15, -0.1) is 0 Å². The van der Waals surface area contributed by atoms with E-state index < -0.39 is 5.91 Å². The summed E-state index contributed by atoms with van der Waals surface area (Å²) in [5, 5.41) is 10.1. The number of aryl methyl sites for hydroxylation is 1. The average molecular weight is 372 g/mol. The largest absolute Gasteiger partial charge is 0.361 e. The number of anilines is 2. The van der Waals surface area contributed by atoms with Crippen LogP contribution in [0.15, 0.2) is 65.3 Å². The van der Waals surface area contributed by atoms with Gasteiger partial charge in [-0.2, -0.15) is 0 Å². The monoisotopic (exact) mass is 371 g/mol. The van der Waals surface area contributed by atoms with Crippen LogP contribution < -0.4 is 10.6 Å². The number of amides is 1. The highest BCUT2D eigenvalue weighted by Gasteiger charge is 2.17. The maximum absolute atomic E-state index is 13.0. The molecule has 2 N–H and O–H groups in total. The van der Waals surface area contributed by atoms with Gasteiger partial charge in [0.25, 0.3) is 5.91 Å². The molecular weight excluding hydrogens is 357 g/mol. The molecular formula is C19H15ClFN3O2. The van der Waals surface area contributed by atoms with E-state index in [-0.39, 0.29) is 11.4 Å². The van der Waals surface area contributed by atoms with Crippen LogP contribution in [0.3, 0.4) is 0 Å². The maximum atomic E-state index is 13.0. The van der Waals surface area contributed by atoms with E-state index in [9.17, 15) is 9.18 Å². The Kier molecular flexibility index (Phi) is 5.34. The number of hydrogen-bond donors (Lipinski definition) is 2. The first kappa shape index (κ1) is 17.7. The van der Waals surface area contributed by atoms with E-state index in [1.165, 1.54) is 18.3 Å². The highest BCUT2D eigenvalue weighted by Crippen LogP contribution is 2.20. The molecule has 0 aliphatic heterocycles. The number of nitrogens with zero attached hydrogens (tertiary/aromatic N) is 1. The lowest BCUT2D eigenvalue weighted by atomic mass is 10.2. The molecule has 0 bridgehead atoms. The molecule has 2 aromatic carbocycles. The molecule has 0 aliphatic rings. The third-order valence-corrected chi connectivity index (χ3v) is 3.72. The van der Waals surface area contributed by atoms with Crippen molar-refractivity contribution < 1.29 is 13.7 Å². The van der Waals surface area contributed by atoms with Crippen LogP contribution in [0.5, 0.6) is 0 Å². The first-order valence-corrected chi connectivity index (χ1v) is 8.12. The van der Waals surface area contributed by atoms with Crippen LogP contribution >= 0.6 is 11.6 Å². The minimum Gasteiger partial charge on any atom is -0.361 e. The number of rotatable bonds is 5. The van der Waals surface area contributed by atoms with Crippen molar-refractivity contribution in [3.05, 3.63) is 83.1 Å². The van der Waals surface area contributed by atoms with Gasteiger partial charge >= 0.3 is 0 Å². The Bertz CT molecular complexity index is 934. The van der Waals surface area contributed by atoms with E-state index >= 15 is 0 Å². The third kappa shape index (κ3) is 4.49. The van der Waals surface area contributed by atoms with Crippen molar-refractivity contribution in [1.82, 2.24) is 5.16 Å². The van der Waals surface area contributed by atoms with Gasteiger partial charge in [0.05, 0.1) is 5.69 Å². The second kappa shape index (κ2) is 7.84. The molecule has 0 saturated heterocycles. The van der Waals surface area contributed by atoms with Crippen LogP contribution in [0.2, 0.25) is 5.02 Å². The van der Waals surface area contributed by atoms with Gasteiger partial charge in [-0.05, 0) is 55.5 Å². The molecule has 0 radical (unpaired) electrons. The second-order valence-corrected chi connectivity index (χ2v) is 5.94. The van der Waals surface area contributed by atoms with E-state index in [4.69, 9.17) is 16.1 Å². The smallest absolute Gasteiger partial charge is 0.261 e. The Labute approximate surface area is 154 Å². The highest BCUT2D eigenvalue weighted by molar-refractivity contribution is 6.30. The maximum Gasteiger partial charge on any atom is 0.261 e. The van der Waals surface area contributed by atoms with Crippen molar-refractivity contribution in [2.45, 2.75) is 6.92 Å². The van der Waals surface area contributed by atoms with Crippen molar-refractivity contribution in [1.29, 1.82) is 0 Å². The minimum absolute atomic E-state index is 0.241. The van der Waals surface area contributed by atoms with E-state index in [1.54, 1.807) is 49.4 Å². The molecule has 3 rings (SSSR count). The molecule has 0 saturated carbocycles. The van der Waals surface area contributed by atoms with E-state index in [2.05, 4.69) is 15.8 Å². The molecule has 26 heavy (non-hydrogen) atoms. The van der Waals surface area contributed by atoms with Crippen LogP contribution in [0.25, 0.3) is 5.57 Å². The predicted octanol–water partition coefficient (Wildman–Crippen LogP) is 4.87. The number of hydrogen-bond acceptors (Lipinski definition) is 4. The summed E-state index contributed by atoms with van der Waals surface area (Å²) >= 11 is 5.85. The van der Waals surface area contributed by atoms with Gasteiger partial charge in [0.15, 0.2) is 5.76 Å². The first-order valence-electron chi connectivity index (χ1n) is 7.74. The molecule has 3 aromatic rings. The molecule has 0 fully saturated rings. The Hall–Kier alpha value is -3.12.